The topological polar surface area (TPSA) is 118 Å². The van der Waals surface area contributed by atoms with Gasteiger partial charge in [0.2, 0.25) is 0 Å². The number of hydrogen-bond donors (Lipinski definition) is 2. The summed E-state index contributed by atoms with van der Waals surface area (Å²) < 4.78 is 0.763. The fourth-order valence-electron chi connectivity index (χ4n) is 2.70. The van der Waals surface area contributed by atoms with E-state index in [0.717, 1.165) is 31.9 Å². The molecule has 2 heterocycles. The zero-order valence-electron chi connectivity index (χ0n) is 14.2. The van der Waals surface area contributed by atoms with Crippen molar-refractivity contribution in [3.8, 4) is 21.7 Å². The Hall–Kier alpha value is -3.85. The third-order valence-corrected chi connectivity index (χ3v) is 5.11. The van der Waals surface area contributed by atoms with Crippen molar-refractivity contribution in [3.63, 3.8) is 0 Å². The van der Waals surface area contributed by atoms with Crippen LogP contribution in [-0.4, -0.2) is 26.1 Å². The summed E-state index contributed by atoms with van der Waals surface area (Å²) in [5.74, 6) is 0.261. The second kappa shape index (κ2) is 7.05. The van der Waals surface area contributed by atoms with Gasteiger partial charge in [-0.2, -0.15) is 0 Å². The normalized spacial score (nSPS) is 10.7. The lowest BCUT2D eigenvalue weighted by Gasteiger charge is -2.04. The molecule has 2 aromatic heterocycles. The van der Waals surface area contributed by atoms with Crippen LogP contribution in [0.15, 0.2) is 60.8 Å². The van der Waals surface area contributed by atoms with Gasteiger partial charge in [0.05, 0.1) is 15.1 Å². The highest BCUT2D eigenvalue weighted by atomic mass is 32.1. The molecule has 9 heteroatoms. The number of nitrogens with one attached hydrogen (secondary N) is 1. The Kier molecular flexibility index (Phi) is 4.42. The number of carbonyl (C=O) groups is 1. The minimum Gasteiger partial charge on any atom is -0.465 e. The molecule has 28 heavy (non-hydrogen) atoms. The number of thiazole rings is 1. The van der Waals surface area contributed by atoms with Crippen LogP contribution in [0.25, 0.3) is 31.9 Å². The molecule has 4 rings (SSSR count). The van der Waals surface area contributed by atoms with Crippen LogP contribution in [0, 0.1) is 10.1 Å². The SMILES string of the molecule is O=C(O)Nc1ccc(-c2ccc(-c3nc4ccc([N+](=O)[O-])cc4s3)cc2)cn1. The summed E-state index contributed by atoms with van der Waals surface area (Å²) in [5.41, 5.74) is 3.45. The smallest absolute Gasteiger partial charge is 0.410 e. The number of carboxylic acid groups (broad SMARTS) is 1. The number of nitro benzene ring substituents is 1. The maximum atomic E-state index is 10.9. The van der Waals surface area contributed by atoms with E-state index >= 15 is 0 Å². The number of anilines is 1. The van der Waals surface area contributed by atoms with Gasteiger partial charge in [-0.1, -0.05) is 24.3 Å². The van der Waals surface area contributed by atoms with E-state index in [1.807, 2.05) is 24.3 Å². The molecule has 0 bridgehead atoms. The van der Waals surface area contributed by atoms with Crippen LogP contribution in [0.1, 0.15) is 0 Å². The number of amides is 1. The molecular weight excluding hydrogens is 380 g/mol. The second-order valence-corrected chi connectivity index (χ2v) is 6.90. The quantitative estimate of drug-likeness (QED) is 0.372. The Morgan fingerprint density at radius 2 is 1.75 bits per heavy atom. The molecule has 0 saturated heterocycles. The Labute approximate surface area is 162 Å². The van der Waals surface area contributed by atoms with Crippen molar-refractivity contribution in [2.24, 2.45) is 0 Å². The fourth-order valence-corrected chi connectivity index (χ4v) is 3.71. The third kappa shape index (κ3) is 3.51. The van der Waals surface area contributed by atoms with E-state index in [2.05, 4.69) is 15.3 Å². The van der Waals surface area contributed by atoms with Crippen LogP contribution >= 0.6 is 11.3 Å². The molecule has 0 aliphatic rings. The summed E-state index contributed by atoms with van der Waals surface area (Å²) in [6.45, 7) is 0. The Morgan fingerprint density at radius 1 is 1.04 bits per heavy atom. The zero-order chi connectivity index (χ0) is 19.7. The van der Waals surface area contributed by atoms with Crippen LogP contribution in [0.4, 0.5) is 16.3 Å². The minimum atomic E-state index is -1.16. The number of rotatable bonds is 4. The predicted octanol–water partition coefficient (Wildman–Crippen LogP) is 5.02. The zero-order valence-corrected chi connectivity index (χ0v) is 15.0. The molecule has 0 unspecified atom stereocenters. The third-order valence-electron chi connectivity index (χ3n) is 4.05. The summed E-state index contributed by atoms with van der Waals surface area (Å²) in [5, 5.41) is 22.6. The molecule has 1 amide bonds. The summed E-state index contributed by atoms with van der Waals surface area (Å²) in [7, 11) is 0. The highest BCUT2D eigenvalue weighted by Crippen LogP contribution is 2.33. The molecule has 0 saturated carbocycles. The van der Waals surface area contributed by atoms with Crippen LogP contribution in [-0.2, 0) is 0 Å². The molecule has 0 fully saturated rings. The van der Waals surface area contributed by atoms with Gasteiger partial charge in [0.15, 0.2) is 0 Å². The van der Waals surface area contributed by atoms with Gasteiger partial charge in [0.25, 0.3) is 5.69 Å². The van der Waals surface area contributed by atoms with Crippen LogP contribution in [0.3, 0.4) is 0 Å². The van der Waals surface area contributed by atoms with Gasteiger partial charge >= 0.3 is 6.09 Å². The van der Waals surface area contributed by atoms with E-state index in [1.54, 1.807) is 24.4 Å². The predicted molar refractivity (Wildman–Crippen MR) is 107 cm³/mol. The maximum Gasteiger partial charge on any atom is 0.410 e. The summed E-state index contributed by atoms with van der Waals surface area (Å²) in [6.07, 6.45) is 0.433. The number of aromatic nitrogens is 2. The van der Waals surface area contributed by atoms with Gasteiger partial charge in [-0.25, -0.2) is 14.8 Å². The summed E-state index contributed by atoms with van der Waals surface area (Å²) >= 11 is 1.40. The van der Waals surface area contributed by atoms with Gasteiger partial charge in [-0.05, 0) is 23.8 Å². The Bertz CT molecular complexity index is 1190. The van der Waals surface area contributed by atoms with Crippen molar-refractivity contribution in [1.82, 2.24) is 9.97 Å². The highest BCUT2D eigenvalue weighted by Gasteiger charge is 2.11. The number of benzene rings is 2. The fraction of sp³-hybridized carbons (Fsp3) is 0. The first kappa shape index (κ1) is 17.6. The molecule has 8 nitrogen and oxygen atoms in total. The highest BCUT2D eigenvalue weighted by molar-refractivity contribution is 7.21. The molecule has 0 aliphatic carbocycles. The van der Waals surface area contributed by atoms with E-state index in [9.17, 15) is 14.9 Å². The van der Waals surface area contributed by atoms with Crippen molar-refractivity contribution < 1.29 is 14.8 Å². The van der Waals surface area contributed by atoms with E-state index in [-0.39, 0.29) is 11.5 Å². The minimum absolute atomic E-state index is 0.0476. The van der Waals surface area contributed by atoms with Gasteiger partial charge in [0, 0.05) is 29.5 Å². The molecule has 138 valence electrons. The molecule has 4 aromatic rings. The average molecular weight is 392 g/mol. The van der Waals surface area contributed by atoms with Crippen LogP contribution < -0.4 is 5.32 Å². The Morgan fingerprint density at radius 3 is 2.39 bits per heavy atom. The van der Waals surface area contributed by atoms with Crippen LogP contribution in [0.2, 0.25) is 0 Å². The first-order chi connectivity index (χ1) is 13.5. The van der Waals surface area contributed by atoms with Gasteiger partial charge in [-0.15, -0.1) is 11.3 Å². The van der Waals surface area contributed by atoms with Crippen molar-refractivity contribution in [3.05, 3.63) is 70.9 Å². The number of pyridine rings is 1. The summed E-state index contributed by atoms with van der Waals surface area (Å²) in [6, 6.07) is 15.7. The molecule has 0 aliphatic heterocycles. The Balaban J connectivity index is 1.60. The monoisotopic (exact) mass is 392 g/mol. The number of nitrogens with zero attached hydrogens (tertiary/aromatic N) is 3. The second-order valence-electron chi connectivity index (χ2n) is 5.87. The molecular formula is C19H12N4O4S. The molecule has 0 radical (unpaired) electrons. The van der Waals surface area contributed by atoms with Gasteiger partial charge in [0.1, 0.15) is 10.8 Å². The number of hydrogen-bond acceptors (Lipinski definition) is 6. The molecule has 0 spiro atoms. The first-order valence-electron chi connectivity index (χ1n) is 8.11. The van der Waals surface area contributed by atoms with Gasteiger partial charge in [-0.3, -0.25) is 15.4 Å². The van der Waals surface area contributed by atoms with E-state index in [4.69, 9.17) is 5.11 Å². The lowest BCUT2D eigenvalue weighted by molar-refractivity contribution is -0.384. The lowest BCUT2D eigenvalue weighted by atomic mass is 10.1. The average Bonchev–Trinajstić information content (AvgIpc) is 3.11. The lowest BCUT2D eigenvalue weighted by Crippen LogP contribution is -2.08. The maximum absolute atomic E-state index is 10.9. The van der Waals surface area contributed by atoms with E-state index < -0.39 is 11.0 Å². The number of nitro groups is 1. The standard InChI is InChI=1S/C19H12N4O4S/c24-19(25)22-17-8-5-13(10-20-17)11-1-3-12(4-2-11)18-21-15-7-6-14(23(26)27)9-16(15)28-18/h1-10H,(H,20,22)(H,24,25). The van der Waals surface area contributed by atoms with Crippen molar-refractivity contribution in [2.75, 3.05) is 5.32 Å². The van der Waals surface area contributed by atoms with E-state index in [0.29, 0.717) is 0 Å². The number of non-ortho nitro benzene ring substituents is 1. The number of fused-ring (bicyclic) bond motifs is 1. The van der Waals surface area contributed by atoms with Gasteiger partial charge < -0.3 is 5.11 Å². The first-order valence-corrected chi connectivity index (χ1v) is 8.93. The summed E-state index contributed by atoms with van der Waals surface area (Å²) in [4.78, 5) is 29.7. The molecule has 0 atom stereocenters. The molecule has 2 aromatic carbocycles. The van der Waals surface area contributed by atoms with Crippen LogP contribution in [0.5, 0.6) is 0 Å². The molecule has 2 N–H and O–H groups in total. The van der Waals surface area contributed by atoms with Crippen molar-refractivity contribution in [1.29, 1.82) is 0 Å². The van der Waals surface area contributed by atoms with Crippen molar-refractivity contribution in [2.45, 2.75) is 0 Å². The van der Waals surface area contributed by atoms with Crippen molar-refractivity contribution >= 4 is 39.2 Å². The van der Waals surface area contributed by atoms with E-state index in [1.165, 1.54) is 23.5 Å². The largest absolute Gasteiger partial charge is 0.465 e.